The van der Waals surface area contributed by atoms with Gasteiger partial charge in [-0.1, -0.05) is 17.7 Å². The monoisotopic (exact) mass is 265 g/mol. The third kappa shape index (κ3) is 6.42. The Kier molecular flexibility index (Phi) is 6.38. The summed E-state index contributed by atoms with van der Waals surface area (Å²) in [4.78, 5) is 22.1. The van der Waals surface area contributed by atoms with Gasteiger partial charge in [0.15, 0.2) is 0 Å². The van der Waals surface area contributed by atoms with E-state index in [0.29, 0.717) is 13.2 Å². The third-order valence-corrected chi connectivity index (χ3v) is 2.35. The molecule has 0 radical (unpaired) electrons. The lowest BCUT2D eigenvalue weighted by molar-refractivity contribution is -0.125. The van der Waals surface area contributed by atoms with E-state index in [1.807, 2.05) is 31.2 Å². The predicted molar refractivity (Wildman–Crippen MR) is 71.7 cm³/mol. The van der Waals surface area contributed by atoms with Gasteiger partial charge in [0, 0.05) is 0 Å². The van der Waals surface area contributed by atoms with Crippen molar-refractivity contribution < 1.29 is 14.3 Å². The molecule has 0 aliphatic rings. The number of nitrogens with two attached hydrogens (primary N) is 1. The zero-order valence-electron chi connectivity index (χ0n) is 10.9. The topological polar surface area (TPSA) is 93.5 Å². The Labute approximate surface area is 112 Å². The second kappa shape index (κ2) is 8.10. The first-order valence-corrected chi connectivity index (χ1v) is 6.04. The molecule has 1 aromatic rings. The fraction of sp³-hybridized carbons (Fsp3) is 0.385. The van der Waals surface area contributed by atoms with Crippen LogP contribution in [-0.4, -0.2) is 38.1 Å². The van der Waals surface area contributed by atoms with Crippen LogP contribution in [0.2, 0.25) is 0 Å². The van der Waals surface area contributed by atoms with Gasteiger partial charge in [0.05, 0.1) is 19.6 Å². The minimum absolute atomic E-state index is 0.0689. The number of hydrogen-bond donors (Lipinski definition) is 3. The number of hydrogen-bond acceptors (Lipinski definition) is 4. The van der Waals surface area contributed by atoms with Crippen molar-refractivity contribution in [3.8, 4) is 5.75 Å². The number of rotatable bonds is 7. The van der Waals surface area contributed by atoms with Crippen molar-refractivity contribution in [2.45, 2.75) is 6.92 Å². The van der Waals surface area contributed by atoms with Crippen LogP contribution in [0.25, 0.3) is 0 Å². The standard InChI is InChI=1S/C13H19N3O3/c1-10-2-4-11(5-3-10)19-7-6-15-13(18)9-16-12(17)8-14/h2-5H,6-9,14H2,1H3,(H,15,18)(H,16,17). The van der Waals surface area contributed by atoms with Gasteiger partial charge < -0.3 is 21.1 Å². The maximum absolute atomic E-state index is 11.3. The van der Waals surface area contributed by atoms with Crippen molar-refractivity contribution in [3.05, 3.63) is 29.8 Å². The summed E-state index contributed by atoms with van der Waals surface area (Å²) >= 11 is 0. The number of aryl methyl sites for hydroxylation is 1. The molecule has 0 aliphatic heterocycles. The van der Waals surface area contributed by atoms with Gasteiger partial charge in [0.25, 0.3) is 0 Å². The average molecular weight is 265 g/mol. The molecule has 0 saturated carbocycles. The number of ether oxygens (including phenoxy) is 1. The first-order valence-electron chi connectivity index (χ1n) is 6.04. The number of amides is 2. The molecule has 6 nitrogen and oxygen atoms in total. The van der Waals surface area contributed by atoms with Gasteiger partial charge in [-0.25, -0.2) is 0 Å². The SMILES string of the molecule is Cc1ccc(OCCNC(=O)CNC(=O)CN)cc1. The zero-order valence-corrected chi connectivity index (χ0v) is 10.9. The van der Waals surface area contributed by atoms with Gasteiger partial charge >= 0.3 is 0 Å². The van der Waals surface area contributed by atoms with Crippen molar-refractivity contribution in [3.63, 3.8) is 0 Å². The van der Waals surface area contributed by atoms with E-state index in [-0.39, 0.29) is 24.9 Å². The van der Waals surface area contributed by atoms with Crippen molar-refractivity contribution in [1.29, 1.82) is 0 Å². The van der Waals surface area contributed by atoms with Crippen LogP contribution in [-0.2, 0) is 9.59 Å². The van der Waals surface area contributed by atoms with Crippen LogP contribution in [0.5, 0.6) is 5.75 Å². The highest BCUT2D eigenvalue weighted by Gasteiger charge is 2.02. The lowest BCUT2D eigenvalue weighted by Gasteiger charge is -2.08. The Morgan fingerprint density at radius 3 is 2.47 bits per heavy atom. The summed E-state index contributed by atoms with van der Waals surface area (Å²) in [6, 6.07) is 7.66. The van der Waals surface area contributed by atoms with E-state index in [9.17, 15) is 9.59 Å². The quantitative estimate of drug-likeness (QED) is 0.583. The van der Waals surface area contributed by atoms with Gasteiger partial charge in [-0.3, -0.25) is 9.59 Å². The zero-order chi connectivity index (χ0) is 14.1. The maximum Gasteiger partial charge on any atom is 0.239 e. The summed E-state index contributed by atoms with van der Waals surface area (Å²) in [6.45, 7) is 2.56. The number of nitrogens with one attached hydrogen (secondary N) is 2. The molecule has 1 aromatic carbocycles. The lowest BCUT2D eigenvalue weighted by atomic mass is 10.2. The number of carbonyl (C=O) groups excluding carboxylic acids is 2. The molecule has 104 valence electrons. The maximum atomic E-state index is 11.3. The number of carbonyl (C=O) groups is 2. The first-order chi connectivity index (χ1) is 9.11. The van der Waals surface area contributed by atoms with Crippen LogP contribution in [0.15, 0.2) is 24.3 Å². The molecule has 4 N–H and O–H groups in total. The van der Waals surface area contributed by atoms with Crippen LogP contribution in [0.1, 0.15) is 5.56 Å². The molecule has 0 unspecified atom stereocenters. The van der Waals surface area contributed by atoms with Crippen LogP contribution < -0.4 is 21.1 Å². The highest BCUT2D eigenvalue weighted by molar-refractivity contribution is 5.85. The van der Waals surface area contributed by atoms with E-state index >= 15 is 0 Å². The highest BCUT2D eigenvalue weighted by atomic mass is 16.5. The van der Waals surface area contributed by atoms with Gasteiger partial charge in [-0.15, -0.1) is 0 Å². The van der Waals surface area contributed by atoms with Gasteiger partial charge in [-0.2, -0.15) is 0 Å². The lowest BCUT2D eigenvalue weighted by Crippen LogP contribution is -2.40. The fourth-order valence-electron chi connectivity index (χ4n) is 1.31. The average Bonchev–Trinajstić information content (AvgIpc) is 2.42. The summed E-state index contributed by atoms with van der Waals surface area (Å²) in [5.41, 5.74) is 6.25. The summed E-state index contributed by atoms with van der Waals surface area (Å²) in [6.07, 6.45) is 0. The minimum Gasteiger partial charge on any atom is -0.492 e. The molecule has 1 rings (SSSR count). The molecule has 0 bridgehead atoms. The minimum atomic E-state index is -0.356. The van der Waals surface area contributed by atoms with Crippen LogP contribution in [0.3, 0.4) is 0 Å². The van der Waals surface area contributed by atoms with Crippen molar-refractivity contribution in [2.24, 2.45) is 5.73 Å². The summed E-state index contributed by atoms with van der Waals surface area (Å²) in [5, 5.41) is 5.00. The Morgan fingerprint density at radius 2 is 1.84 bits per heavy atom. The van der Waals surface area contributed by atoms with Crippen molar-refractivity contribution in [1.82, 2.24) is 10.6 Å². The molecular formula is C13H19N3O3. The highest BCUT2D eigenvalue weighted by Crippen LogP contribution is 2.10. The van der Waals surface area contributed by atoms with Crippen LogP contribution in [0.4, 0.5) is 0 Å². The van der Waals surface area contributed by atoms with Crippen molar-refractivity contribution >= 4 is 11.8 Å². The molecule has 0 spiro atoms. The molecule has 2 amide bonds. The van der Waals surface area contributed by atoms with Crippen LogP contribution in [0, 0.1) is 6.92 Å². The summed E-state index contributed by atoms with van der Waals surface area (Å²) < 4.78 is 5.44. The van der Waals surface area contributed by atoms with Gasteiger partial charge in [0.2, 0.25) is 11.8 Å². The van der Waals surface area contributed by atoms with E-state index < -0.39 is 0 Å². The molecule has 0 aliphatic carbocycles. The molecule has 19 heavy (non-hydrogen) atoms. The molecular weight excluding hydrogens is 246 g/mol. The first kappa shape index (κ1) is 15.0. The Hall–Kier alpha value is -2.08. The predicted octanol–water partition coefficient (Wildman–Crippen LogP) is -0.435. The molecule has 0 atom stereocenters. The molecule has 0 aromatic heterocycles. The Bertz CT molecular complexity index is 418. The van der Waals surface area contributed by atoms with E-state index in [0.717, 1.165) is 11.3 Å². The Morgan fingerprint density at radius 1 is 1.16 bits per heavy atom. The van der Waals surface area contributed by atoms with E-state index in [1.54, 1.807) is 0 Å². The number of benzene rings is 1. The van der Waals surface area contributed by atoms with E-state index in [4.69, 9.17) is 10.5 Å². The Balaban J connectivity index is 2.11. The van der Waals surface area contributed by atoms with Crippen molar-refractivity contribution in [2.75, 3.05) is 26.2 Å². The van der Waals surface area contributed by atoms with Gasteiger partial charge in [0.1, 0.15) is 12.4 Å². The molecule has 0 heterocycles. The smallest absolute Gasteiger partial charge is 0.239 e. The fourth-order valence-corrected chi connectivity index (χ4v) is 1.31. The largest absolute Gasteiger partial charge is 0.492 e. The second-order valence-electron chi connectivity index (χ2n) is 3.99. The molecule has 0 fully saturated rings. The molecule has 6 heteroatoms. The third-order valence-electron chi connectivity index (χ3n) is 2.35. The summed E-state index contributed by atoms with van der Waals surface area (Å²) in [5.74, 6) is 0.136. The van der Waals surface area contributed by atoms with E-state index in [1.165, 1.54) is 0 Å². The molecule has 0 saturated heterocycles. The summed E-state index contributed by atoms with van der Waals surface area (Å²) in [7, 11) is 0. The normalized spacial score (nSPS) is 9.79. The van der Waals surface area contributed by atoms with E-state index in [2.05, 4.69) is 10.6 Å². The van der Waals surface area contributed by atoms with Crippen LogP contribution >= 0.6 is 0 Å². The van der Waals surface area contributed by atoms with Gasteiger partial charge in [-0.05, 0) is 19.1 Å². The second-order valence-corrected chi connectivity index (χ2v) is 3.99.